The Morgan fingerprint density at radius 1 is 0.750 bits per heavy atom. The quantitative estimate of drug-likeness (QED) is 0.514. The Balaban J connectivity index is 1.74. The average molecular weight is 313 g/mol. The number of benzene rings is 4. The first kappa shape index (κ1) is 14.3. The van der Waals surface area contributed by atoms with E-state index in [-0.39, 0.29) is 11.7 Å². The molecular weight excluding hydrogens is 298 g/mol. The zero-order valence-electron chi connectivity index (χ0n) is 12.9. The highest BCUT2D eigenvalue weighted by Crippen LogP contribution is 2.32. The Hall–Kier alpha value is -3.33. The molecule has 4 aromatic carbocycles. The van der Waals surface area contributed by atoms with Crippen molar-refractivity contribution in [2.75, 3.05) is 5.32 Å². The summed E-state index contributed by atoms with van der Waals surface area (Å²) in [7, 11) is 0. The van der Waals surface area contributed by atoms with Gasteiger partial charge in [0.05, 0.1) is 5.69 Å². The lowest BCUT2D eigenvalue weighted by Gasteiger charge is -2.11. The molecule has 0 fully saturated rings. The monoisotopic (exact) mass is 313 g/mol. The standard InChI is InChI=1S/C21H15NO2/c23-19-12-11-15-6-3-4-8-18(15)20(19)22-21(24)17-10-9-14-5-1-2-7-16(14)13-17/h1-13,23H,(H,22,24). The minimum Gasteiger partial charge on any atom is -0.506 e. The zero-order chi connectivity index (χ0) is 16.5. The van der Waals surface area contributed by atoms with Crippen LogP contribution in [0.1, 0.15) is 10.4 Å². The van der Waals surface area contributed by atoms with Crippen molar-refractivity contribution in [3.8, 4) is 5.75 Å². The van der Waals surface area contributed by atoms with Gasteiger partial charge in [-0.1, -0.05) is 60.7 Å². The highest BCUT2D eigenvalue weighted by Gasteiger charge is 2.12. The maximum Gasteiger partial charge on any atom is 0.255 e. The topological polar surface area (TPSA) is 49.3 Å². The summed E-state index contributed by atoms with van der Waals surface area (Å²) in [5, 5.41) is 16.9. The number of carbonyl (C=O) groups is 1. The summed E-state index contributed by atoms with van der Waals surface area (Å²) < 4.78 is 0. The van der Waals surface area contributed by atoms with Gasteiger partial charge in [0.2, 0.25) is 0 Å². The number of hydrogen-bond acceptors (Lipinski definition) is 2. The number of aromatic hydroxyl groups is 1. The summed E-state index contributed by atoms with van der Waals surface area (Å²) in [6.07, 6.45) is 0. The van der Waals surface area contributed by atoms with Gasteiger partial charge in [-0.2, -0.15) is 0 Å². The van der Waals surface area contributed by atoms with E-state index in [1.54, 1.807) is 12.1 Å². The number of nitrogens with one attached hydrogen (secondary N) is 1. The van der Waals surface area contributed by atoms with Crippen LogP contribution in [-0.2, 0) is 0 Å². The largest absolute Gasteiger partial charge is 0.506 e. The van der Waals surface area contributed by atoms with E-state index in [1.165, 1.54) is 0 Å². The first-order chi connectivity index (χ1) is 11.7. The fourth-order valence-corrected chi connectivity index (χ4v) is 2.91. The maximum absolute atomic E-state index is 12.6. The van der Waals surface area contributed by atoms with Crippen molar-refractivity contribution in [1.29, 1.82) is 0 Å². The molecule has 0 aliphatic rings. The highest BCUT2D eigenvalue weighted by molar-refractivity contribution is 6.11. The third-order valence-corrected chi connectivity index (χ3v) is 4.16. The average Bonchev–Trinajstić information content (AvgIpc) is 2.63. The number of phenols is 1. The van der Waals surface area contributed by atoms with E-state index in [0.717, 1.165) is 21.5 Å². The molecule has 1 amide bonds. The summed E-state index contributed by atoms with van der Waals surface area (Å²) >= 11 is 0. The molecule has 0 heterocycles. The van der Waals surface area contributed by atoms with Crippen LogP contribution in [0.15, 0.2) is 78.9 Å². The van der Waals surface area contributed by atoms with Crippen molar-refractivity contribution in [1.82, 2.24) is 0 Å². The normalized spacial score (nSPS) is 10.8. The fraction of sp³-hybridized carbons (Fsp3) is 0. The van der Waals surface area contributed by atoms with E-state index in [2.05, 4.69) is 5.32 Å². The molecule has 3 heteroatoms. The number of anilines is 1. The Labute approximate surface area is 139 Å². The molecule has 0 atom stereocenters. The molecule has 0 aromatic heterocycles. The molecule has 0 aliphatic heterocycles. The van der Waals surface area contributed by atoms with E-state index in [0.29, 0.717) is 11.3 Å². The van der Waals surface area contributed by atoms with Crippen LogP contribution in [0, 0.1) is 0 Å². The summed E-state index contributed by atoms with van der Waals surface area (Å²) in [6.45, 7) is 0. The molecule has 24 heavy (non-hydrogen) atoms. The Morgan fingerprint density at radius 2 is 1.42 bits per heavy atom. The second-order valence-corrected chi connectivity index (χ2v) is 5.70. The van der Waals surface area contributed by atoms with Crippen molar-refractivity contribution in [3.63, 3.8) is 0 Å². The second-order valence-electron chi connectivity index (χ2n) is 5.70. The third kappa shape index (κ3) is 2.46. The van der Waals surface area contributed by atoms with Crippen molar-refractivity contribution in [3.05, 3.63) is 84.4 Å². The van der Waals surface area contributed by atoms with Gasteiger partial charge in [-0.15, -0.1) is 0 Å². The van der Waals surface area contributed by atoms with Gasteiger partial charge in [-0.05, 0) is 34.4 Å². The third-order valence-electron chi connectivity index (χ3n) is 4.16. The van der Waals surface area contributed by atoms with Crippen LogP contribution < -0.4 is 5.32 Å². The molecule has 0 unspecified atom stereocenters. The van der Waals surface area contributed by atoms with Crippen molar-refractivity contribution in [2.24, 2.45) is 0 Å². The van der Waals surface area contributed by atoms with Crippen LogP contribution in [0.3, 0.4) is 0 Å². The first-order valence-corrected chi connectivity index (χ1v) is 7.73. The van der Waals surface area contributed by atoms with Gasteiger partial charge in [0.25, 0.3) is 5.91 Å². The minimum absolute atomic E-state index is 0.0582. The number of amides is 1. The maximum atomic E-state index is 12.6. The lowest BCUT2D eigenvalue weighted by molar-refractivity contribution is 0.102. The van der Waals surface area contributed by atoms with Crippen molar-refractivity contribution >= 4 is 33.1 Å². The Bertz CT molecular complexity index is 1070. The summed E-state index contributed by atoms with van der Waals surface area (Å²) in [4.78, 5) is 12.6. The van der Waals surface area contributed by atoms with Crippen LogP contribution in [-0.4, -0.2) is 11.0 Å². The van der Waals surface area contributed by atoms with Gasteiger partial charge in [-0.25, -0.2) is 0 Å². The molecule has 0 spiro atoms. The van der Waals surface area contributed by atoms with E-state index in [9.17, 15) is 9.90 Å². The number of rotatable bonds is 2. The van der Waals surface area contributed by atoms with E-state index < -0.39 is 0 Å². The zero-order valence-corrected chi connectivity index (χ0v) is 12.9. The number of phenolic OH excluding ortho intramolecular Hbond substituents is 1. The second kappa shape index (κ2) is 5.70. The lowest BCUT2D eigenvalue weighted by Crippen LogP contribution is -2.12. The number of fused-ring (bicyclic) bond motifs is 2. The molecule has 0 radical (unpaired) electrons. The predicted octanol–water partition coefficient (Wildman–Crippen LogP) is 4.95. The molecular formula is C21H15NO2. The van der Waals surface area contributed by atoms with Gasteiger partial charge >= 0.3 is 0 Å². The van der Waals surface area contributed by atoms with Crippen LogP contribution >= 0.6 is 0 Å². The van der Waals surface area contributed by atoms with Crippen molar-refractivity contribution < 1.29 is 9.90 Å². The summed E-state index contributed by atoms with van der Waals surface area (Å²) in [5.74, 6) is -0.185. The lowest BCUT2D eigenvalue weighted by atomic mass is 10.1. The molecule has 4 rings (SSSR count). The van der Waals surface area contributed by atoms with Crippen LogP contribution in [0.2, 0.25) is 0 Å². The number of hydrogen-bond donors (Lipinski definition) is 2. The highest BCUT2D eigenvalue weighted by atomic mass is 16.3. The van der Waals surface area contributed by atoms with Crippen LogP contribution in [0.5, 0.6) is 5.75 Å². The van der Waals surface area contributed by atoms with Gasteiger partial charge in [0.15, 0.2) is 0 Å². The van der Waals surface area contributed by atoms with E-state index >= 15 is 0 Å². The van der Waals surface area contributed by atoms with Gasteiger partial charge in [0, 0.05) is 10.9 Å². The molecule has 0 aliphatic carbocycles. The smallest absolute Gasteiger partial charge is 0.255 e. The molecule has 4 aromatic rings. The van der Waals surface area contributed by atoms with Gasteiger partial charge in [-0.3, -0.25) is 4.79 Å². The number of carbonyl (C=O) groups excluding carboxylic acids is 1. The van der Waals surface area contributed by atoms with E-state index in [1.807, 2.05) is 66.7 Å². The van der Waals surface area contributed by atoms with Gasteiger partial charge < -0.3 is 10.4 Å². The summed E-state index contributed by atoms with van der Waals surface area (Å²) in [5.41, 5.74) is 0.993. The fourth-order valence-electron chi connectivity index (χ4n) is 2.91. The molecule has 0 saturated heterocycles. The first-order valence-electron chi connectivity index (χ1n) is 7.73. The predicted molar refractivity (Wildman–Crippen MR) is 97.5 cm³/mol. The molecule has 0 saturated carbocycles. The molecule has 116 valence electrons. The molecule has 0 bridgehead atoms. The van der Waals surface area contributed by atoms with Crippen LogP contribution in [0.25, 0.3) is 21.5 Å². The SMILES string of the molecule is O=C(Nc1c(O)ccc2ccccc12)c1ccc2ccccc2c1. The Kier molecular flexibility index (Phi) is 3.39. The summed E-state index contributed by atoms with van der Waals surface area (Å²) in [6, 6.07) is 24.5. The Morgan fingerprint density at radius 3 is 2.25 bits per heavy atom. The minimum atomic E-state index is -0.243. The van der Waals surface area contributed by atoms with Crippen molar-refractivity contribution in [2.45, 2.75) is 0 Å². The molecule has 3 nitrogen and oxygen atoms in total. The van der Waals surface area contributed by atoms with E-state index in [4.69, 9.17) is 0 Å². The van der Waals surface area contributed by atoms with Crippen LogP contribution in [0.4, 0.5) is 5.69 Å². The van der Waals surface area contributed by atoms with Gasteiger partial charge in [0.1, 0.15) is 5.75 Å². The molecule has 2 N–H and O–H groups in total.